The summed E-state index contributed by atoms with van der Waals surface area (Å²) in [4.78, 5) is 0. The monoisotopic (exact) mass is 295 g/mol. The molecule has 2 aromatic rings. The Bertz CT molecular complexity index is 566. The molecule has 2 nitrogen and oxygen atoms in total. The molecule has 0 aliphatic rings. The number of nitrogens with two attached hydrogens (primary N) is 1. The van der Waals surface area contributed by atoms with Crippen LogP contribution in [0.15, 0.2) is 54.6 Å². The van der Waals surface area contributed by atoms with Crippen molar-refractivity contribution >= 4 is 0 Å². The molecule has 0 spiro atoms. The molecule has 0 bridgehead atoms. The SMILES string of the molecule is NC(Cc1ccccc1)C(O)c1ccc(C(F)(F)F)cc1. The van der Waals surface area contributed by atoms with Crippen LogP contribution in [0.2, 0.25) is 0 Å². The summed E-state index contributed by atoms with van der Waals surface area (Å²) in [6.45, 7) is 0. The van der Waals surface area contributed by atoms with E-state index in [-0.39, 0.29) is 0 Å². The molecule has 0 saturated heterocycles. The summed E-state index contributed by atoms with van der Waals surface area (Å²) in [5.74, 6) is 0. The van der Waals surface area contributed by atoms with Crippen LogP contribution in [0.1, 0.15) is 22.8 Å². The lowest BCUT2D eigenvalue weighted by Gasteiger charge is -2.20. The van der Waals surface area contributed by atoms with Crippen molar-refractivity contribution in [2.45, 2.75) is 24.7 Å². The number of hydrogen-bond donors (Lipinski definition) is 2. The van der Waals surface area contributed by atoms with E-state index >= 15 is 0 Å². The number of aliphatic hydroxyl groups excluding tert-OH is 1. The maximum atomic E-state index is 12.5. The molecular weight excluding hydrogens is 279 g/mol. The van der Waals surface area contributed by atoms with Gasteiger partial charge in [0.1, 0.15) is 0 Å². The summed E-state index contributed by atoms with van der Waals surface area (Å²) in [6, 6.07) is 13.2. The minimum absolute atomic E-state index is 0.381. The van der Waals surface area contributed by atoms with E-state index in [1.807, 2.05) is 30.3 Å². The van der Waals surface area contributed by atoms with Crippen LogP contribution in [-0.2, 0) is 12.6 Å². The van der Waals surface area contributed by atoms with Crippen molar-refractivity contribution in [3.8, 4) is 0 Å². The van der Waals surface area contributed by atoms with Gasteiger partial charge in [0.05, 0.1) is 11.7 Å². The largest absolute Gasteiger partial charge is 0.416 e. The van der Waals surface area contributed by atoms with Crippen LogP contribution >= 0.6 is 0 Å². The van der Waals surface area contributed by atoms with Crippen LogP contribution in [-0.4, -0.2) is 11.1 Å². The fourth-order valence-corrected chi connectivity index (χ4v) is 2.11. The molecule has 2 rings (SSSR count). The third-order valence-corrected chi connectivity index (χ3v) is 3.30. The number of benzene rings is 2. The minimum Gasteiger partial charge on any atom is -0.387 e. The molecule has 0 radical (unpaired) electrons. The molecule has 2 unspecified atom stereocenters. The summed E-state index contributed by atoms with van der Waals surface area (Å²) in [5.41, 5.74) is 6.54. The van der Waals surface area contributed by atoms with Crippen molar-refractivity contribution in [1.82, 2.24) is 0 Å². The minimum atomic E-state index is -4.38. The molecule has 3 N–H and O–H groups in total. The van der Waals surface area contributed by atoms with Crippen molar-refractivity contribution in [1.29, 1.82) is 0 Å². The maximum Gasteiger partial charge on any atom is 0.416 e. The molecule has 0 aromatic heterocycles. The van der Waals surface area contributed by atoms with Gasteiger partial charge in [-0.3, -0.25) is 0 Å². The van der Waals surface area contributed by atoms with Crippen molar-refractivity contribution in [2.75, 3.05) is 0 Å². The quantitative estimate of drug-likeness (QED) is 0.909. The Morgan fingerprint density at radius 2 is 1.52 bits per heavy atom. The molecule has 5 heteroatoms. The second kappa shape index (κ2) is 6.28. The van der Waals surface area contributed by atoms with Crippen molar-refractivity contribution in [2.24, 2.45) is 5.73 Å². The Morgan fingerprint density at radius 3 is 2.05 bits per heavy atom. The number of hydrogen-bond acceptors (Lipinski definition) is 2. The van der Waals surface area contributed by atoms with Crippen molar-refractivity contribution in [3.63, 3.8) is 0 Å². The fourth-order valence-electron chi connectivity index (χ4n) is 2.11. The van der Waals surface area contributed by atoms with Gasteiger partial charge in [-0.1, -0.05) is 42.5 Å². The van der Waals surface area contributed by atoms with Gasteiger partial charge in [-0.25, -0.2) is 0 Å². The molecule has 0 heterocycles. The van der Waals surface area contributed by atoms with Gasteiger partial charge in [-0.2, -0.15) is 13.2 Å². The Kier molecular flexibility index (Phi) is 4.65. The van der Waals surface area contributed by atoms with E-state index in [2.05, 4.69) is 0 Å². The first-order valence-corrected chi connectivity index (χ1v) is 6.52. The molecule has 0 fully saturated rings. The van der Waals surface area contributed by atoms with Crippen LogP contribution in [0.25, 0.3) is 0 Å². The molecule has 0 aliphatic heterocycles. The highest BCUT2D eigenvalue weighted by Gasteiger charge is 2.30. The maximum absolute atomic E-state index is 12.5. The Labute approximate surface area is 121 Å². The van der Waals surface area contributed by atoms with Gasteiger partial charge in [0, 0.05) is 6.04 Å². The Hall–Kier alpha value is -1.85. The van der Waals surface area contributed by atoms with E-state index in [9.17, 15) is 18.3 Å². The lowest BCUT2D eigenvalue weighted by atomic mass is 9.96. The average molecular weight is 295 g/mol. The third-order valence-electron chi connectivity index (χ3n) is 3.30. The smallest absolute Gasteiger partial charge is 0.387 e. The number of aliphatic hydroxyl groups is 1. The molecule has 2 atom stereocenters. The molecule has 0 aliphatic carbocycles. The zero-order valence-electron chi connectivity index (χ0n) is 11.2. The first kappa shape index (κ1) is 15.5. The van der Waals surface area contributed by atoms with Gasteiger partial charge < -0.3 is 10.8 Å². The molecule has 0 amide bonds. The van der Waals surface area contributed by atoms with E-state index in [0.717, 1.165) is 17.7 Å². The van der Waals surface area contributed by atoms with Crippen LogP contribution in [0.5, 0.6) is 0 Å². The zero-order chi connectivity index (χ0) is 15.5. The fraction of sp³-hybridized carbons (Fsp3) is 0.250. The van der Waals surface area contributed by atoms with E-state index in [4.69, 9.17) is 5.73 Å². The number of rotatable bonds is 4. The van der Waals surface area contributed by atoms with Crippen LogP contribution in [0, 0.1) is 0 Å². The highest BCUT2D eigenvalue weighted by Crippen LogP contribution is 2.30. The summed E-state index contributed by atoms with van der Waals surface area (Å²) in [7, 11) is 0. The Morgan fingerprint density at radius 1 is 0.952 bits per heavy atom. The second-order valence-electron chi connectivity index (χ2n) is 4.92. The van der Waals surface area contributed by atoms with Crippen molar-refractivity contribution < 1.29 is 18.3 Å². The zero-order valence-corrected chi connectivity index (χ0v) is 11.2. The molecule has 112 valence electrons. The molecule has 21 heavy (non-hydrogen) atoms. The topological polar surface area (TPSA) is 46.2 Å². The van der Waals surface area contributed by atoms with Crippen LogP contribution in [0.4, 0.5) is 13.2 Å². The molecule has 0 saturated carbocycles. The van der Waals surface area contributed by atoms with Crippen LogP contribution < -0.4 is 5.73 Å². The normalized spacial score (nSPS) is 14.7. The standard InChI is InChI=1S/C16H16F3NO/c17-16(18,19)13-8-6-12(7-9-13)15(21)14(20)10-11-4-2-1-3-5-11/h1-9,14-15,21H,10,20H2. The van der Waals surface area contributed by atoms with Gasteiger partial charge in [-0.15, -0.1) is 0 Å². The van der Waals surface area contributed by atoms with Crippen LogP contribution in [0.3, 0.4) is 0 Å². The summed E-state index contributed by atoms with van der Waals surface area (Å²) in [5, 5.41) is 10.1. The van der Waals surface area contributed by atoms with E-state index in [1.165, 1.54) is 12.1 Å². The average Bonchev–Trinajstić information content (AvgIpc) is 2.46. The number of alkyl halides is 3. The first-order valence-electron chi connectivity index (χ1n) is 6.52. The van der Waals surface area contributed by atoms with Gasteiger partial charge >= 0.3 is 6.18 Å². The van der Waals surface area contributed by atoms with Gasteiger partial charge in [0.25, 0.3) is 0 Å². The summed E-state index contributed by atoms with van der Waals surface area (Å²) in [6.07, 6.45) is -4.94. The number of halogens is 3. The van der Waals surface area contributed by atoms with E-state index in [1.54, 1.807) is 0 Å². The summed E-state index contributed by atoms with van der Waals surface area (Å²) < 4.78 is 37.4. The lowest BCUT2D eigenvalue weighted by molar-refractivity contribution is -0.137. The predicted octanol–water partition coefficient (Wildman–Crippen LogP) is 3.31. The first-order chi connectivity index (χ1) is 9.88. The molecular formula is C16H16F3NO. The highest BCUT2D eigenvalue weighted by molar-refractivity contribution is 5.27. The highest BCUT2D eigenvalue weighted by atomic mass is 19.4. The third kappa shape index (κ3) is 4.06. The van der Waals surface area contributed by atoms with Gasteiger partial charge in [0.2, 0.25) is 0 Å². The Balaban J connectivity index is 2.07. The van der Waals surface area contributed by atoms with E-state index < -0.39 is 23.9 Å². The van der Waals surface area contributed by atoms with Gasteiger partial charge in [-0.05, 0) is 29.7 Å². The second-order valence-corrected chi connectivity index (χ2v) is 4.92. The summed E-state index contributed by atoms with van der Waals surface area (Å²) >= 11 is 0. The van der Waals surface area contributed by atoms with E-state index in [0.29, 0.717) is 12.0 Å². The molecule has 2 aromatic carbocycles. The predicted molar refractivity (Wildman–Crippen MR) is 74.5 cm³/mol. The lowest BCUT2D eigenvalue weighted by Crippen LogP contribution is -2.30. The van der Waals surface area contributed by atoms with Gasteiger partial charge in [0.15, 0.2) is 0 Å². The van der Waals surface area contributed by atoms with Crippen molar-refractivity contribution in [3.05, 3.63) is 71.3 Å².